The van der Waals surface area contributed by atoms with Gasteiger partial charge in [0.2, 0.25) is 0 Å². The number of rotatable bonds is 9. The Morgan fingerprint density at radius 1 is 1.23 bits per heavy atom. The van der Waals surface area contributed by atoms with Crippen molar-refractivity contribution in [2.45, 2.75) is 32.5 Å². The minimum atomic E-state index is 0.0720. The molecule has 7 heteroatoms. The van der Waals surface area contributed by atoms with Crippen LogP contribution in [0.5, 0.6) is 11.5 Å². The molecule has 0 aliphatic carbocycles. The standard InChI is InChI=1S/C19H22BrCl2NO3/c1-3-15(10-24)23-9-12-6-16(20)19(18(7-12)25-2)26-11-13-4-5-14(21)8-17(13)22/h4-8,15,23-24H,3,9-11H2,1-2H3/t15-/m0/s1. The molecule has 0 spiro atoms. The zero-order chi connectivity index (χ0) is 19.1. The molecular weight excluding hydrogens is 441 g/mol. The molecule has 0 saturated heterocycles. The highest BCUT2D eigenvalue weighted by Crippen LogP contribution is 2.37. The molecule has 0 heterocycles. The van der Waals surface area contributed by atoms with Gasteiger partial charge in [-0.1, -0.05) is 36.2 Å². The summed E-state index contributed by atoms with van der Waals surface area (Å²) in [5.41, 5.74) is 1.86. The lowest BCUT2D eigenvalue weighted by Crippen LogP contribution is -2.31. The van der Waals surface area contributed by atoms with Crippen LogP contribution in [0.25, 0.3) is 0 Å². The normalized spacial score (nSPS) is 12.1. The van der Waals surface area contributed by atoms with E-state index in [0.717, 1.165) is 22.0 Å². The molecule has 0 amide bonds. The van der Waals surface area contributed by atoms with Gasteiger partial charge >= 0.3 is 0 Å². The third-order valence-corrected chi connectivity index (χ3v) is 5.16. The minimum absolute atomic E-state index is 0.0720. The van der Waals surface area contributed by atoms with Crippen molar-refractivity contribution in [3.63, 3.8) is 0 Å². The summed E-state index contributed by atoms with van der Waals surface area (Å²) in [6.45, 7) is 3.06. The van der Waals surface area contributed by atoms with Crippen molar-refractivity contribution in [2.75, 3.05) is 13.7 Å². The Morgan fingerprint density at radius 3 is 2.62 bits per heavy atom. The van der Waals surface area contributed by atoms with Crippen molar-refractivity contribution in [1.29, 1.82) is 0 Å². The van der Waals surface area contributed by atoms with E-state index >= 15 is 0 Å². The second-order valence-electron chi connectivity index (χ2n) is 5.80. The van der Waals surface area contributed by atoms with Gasteiger partial charge in [0.25, 0.3) is 0 Å². The smallest absolute Gasteiger partial charge is 0.175 e. The molecule has 2 aromatic rings. The molecule has 0 aliphatic heterocycles. The predicted molar refractivity (Wildman–Crippen MR) is 109 cm³/mol. The van der Waals surface area contributed by atoms with E-state index in [9.17, 15) is 5.11 Å². The fourth-order valence-electron chi connectivity index (χ4n) is 2.40. The van der Waals surface area contributed by atoms with E-state index in [0.29, 0.717) is 34.7 Å². The number of ether oxygens (including phenoxy) is 2. The van der Waals surface area contributed by atoms with Crippen LogP contribution < -0.4 is 14.8 Å². The second-order valence-corrected chi connectivity index (χ2v) is 7.50. The highest BCUT2D eigenvalue weighted by atomic mass is 79.9. The molecule has 0 saturated carbocycles. The summed E-state index contributed by atoms with van der Waals surface area (Å²) < 4.78 is 12.2. The van der Waals surface area contributed by atoms with Crippen LogP contribution in [-0.2, 0) is 13.2 Å². The van der Waals surface area contributed by atoms with Crippen molar-refractivity contribution in [3.05, 3.63) is 56.0 Å². The Labute approximate surface area is 172 Å². The Kier molecular flexibility index (Phi) is 8.51. The van der Waals surface area contributed by atoms with Crippen LogP contribution in [0.15, 0.2) is 34.8 Å². The maximum absolute atomic E-state index is 9.29. The molecule has 142 valence electrons. The van der Waals surface area contributed by atoms with Crippen LogP contribution in [-0.4, -0.2) is 24.9 Å². The van der Waals surface area contributed by atoms with Gasteiger partial charge in [-0.2, -0.15) is 0 Å². The summed E-state index contributed by atoms with van der Waals surface area (Å²) in [6, 6.07) is 9.26. The molecule has 0 aliphatic rings. The van der Waals surface area contributed by atoms with Crippen LogP contribution >= 0.6 is 39.1 Å². The highest BCUT2D eigenvalue weighted by Gasteiger charge is 2.14. The maximum atomic E-state index is 9.29. The molecule has 0 aromatic heterocycles. The molecule has 0 radical (unpaired) electrons. The molecule has 0 fully saturated rings. The van der Waals surface area contributed by atoms with Crippen molar-refractivity contribution in [2.24, 2.45) is 0 Å². The van der Waals surface area contributed by atoms with Gasteiger partial charge in [0.1, 0.15) is 6.61 Å². The Hall–Kier alpha value is -0.980. The van der Waals surface area contributed by atoms with Crippen LogP contribution in [0.3, 0.4) is 0 Å². The monoisotopic (exact) mass is 461 g/mol. The zero-order valence-electron chi connectivity index (χ0n) is 14.7. The van der Waals surface area contributed by atoms with Crippen LogP contribution in [0.4, 0.5) is 0 Å². The lowest BCUT2D eigenvalue weighted by molar-refractivity contribution is 0.238. The van der Waals surface area contributed by atoms with Gasteiger partial charge < -0.3 is 19.9 Å². The van der Waals surface area contributed by atoms with Gasteiger partial charge in [-0.15, -0.1) is 0 Å². The van der Waals surface area contributed by atoms with Crippen molar-refractivity contribution >= 4 is 39.1 Å². The van der Waals surface area contributed by atoms with Crippen molar-refractivity contribution in [1.82, 2.24) is 5.32 Å². The average molecular weight is 463 g/mol. The summed E-state index contributed by atoms with van der Waals surface area (Å²) in [5.74, 6) is 1.23. The summed E-state index contributed by atoms with van der Waals surface area (Å²) in [6.07, 6.45) is 0.859. The molecule has 2 rings (SSSR count). The number of halogens is 3. The van der Waals surface area contributed by atoms with Gasteiger partial charge in [-0.3, -0.25) is 0 Å². The number of nitrogens with one attached hydrogen (secondary N) is 1. The minimum Gasteiger partial charge on any atom is -0.493 e. The van der Waals surface area contributed by atoms with Crippen LogP contribution in [0.2, 0.25) is 10.0 Å². The number of methoxy groups -OCH3 is 1. The molecule has 26 heavy (non-hydrogen) atoms. The largest absolute Gasteiger partial charge is 0.493 e. The van der Waals surface area contributed by atoms with E-state index in [1.807, 2.05) is 25.1 Å². The third-order valence-electron chi connectivity index (χ3n) is 3.98. The summed E-state index contributed by atoms with van der Waals surface area (Å²) in [4.78, 5) is 0. The highest BCUT2D eigenvalue weighted by molar-refractivity contribution is 9.10. The molecule has 4 nitrogen and oxygen atoms in total. The van der Waals surface area contributed by atoms with E-state index in [1.54, 1.807) is 19.2 Å². The fraction of sp³-hybridized carbons (Fsp3) is 0.368. The average Bonchev–Trinajstić information content (AvgIpc) is 2.62. The molecule has 0 unspecified atom stereocenters. The summed E-state index contributed by atoms with van der Waals surface area (Å²) in [5, 5.41) is 13.7. The number of benzene rings is 2. The van der Waals surface area contributed by atoms with E-state index in [2.05, 4.69) is 21.2 Å². The summed E-state index contributed by atoms with van der Waals surface area (Å²) in [7, 11) is 1.60. The summed E-state index contributed by atoms with van der Waals surface area (Å²) >= 11 is 15.7. The van der Waals surface area contributed by atoms with Crippen LogP contribution in [0.1, 0.15) is 24.5 Å². The van der Waals surface area contributed by atoms with E-state index in [4.69, 9.17) is 32.7 Å². The zero-order valence-corrected chi connectivity index (χ0v) is 17.8. The van der Waals surface area contributed by atoms with E-state index in [1.165, 1.54) is 0 Å². The maximum Gasteiger partial charge on any atom is 0.175 e. The number of hydrogen-bond donors (Lipinski definition) is 2. The van der Waals surface area contributed by atoms with Crippen LogP contribution in [0, 0.1) is 0 Å². The first-order chi connectivity index (χ1) is 12.5. The lowest BCUT2D eigenvalue weighted by Gasteiger charge is -2.17. The number of aliphatic hydroxyl groups is 1. The first-order valence-corrected chi connectivity index (χ1v) is 9.80. The molecule has 1 atom stereocenters. The van der Waals surface area contributed by atoms with Gasteiger partial charge in [0.05, 0.1) is 18.2 Å². The lowest BCUT2D eigenvalue weighted by atomic mass is 10.1. The van der Waals surface area contributed by atoms with E-state index in [-0.39, 0.29) is 12.6 Å². The van der Waals surface area contributed by atoms with Gasteiger partial charge in [0.15, 0.2) is 11.5 Å². The van der Waals surface area contributed by atoms with Gasteiger partial charge in [-0.25, -0.2) is 0 Å². The molecule has 2 aromatic carbocycles. The topological polar surface area (TPSA) is 50.7 Å². The van der Waals surface area contributed by atoms with Gasteiger partial charge in [0, 0.05) is 28.2 Å². The third kappa shape index (κ3) is 5.76. The molecular formula is C19H22BrCl2NO3. The predicted octanol–water partition coefficient (Wildman–Crippen LogP) is 5.20. The van der Waals surface area contributed by atoms with Gasteiger partial charge in [-0.05, 0) is 52.2 Å². The Morgan fingerprint density at radius 2 is 2.00 bits per heavy atom. The molecule has 0 bridgehead atoms. The SMILES string of the molecule is CC[C@@H](CO)NCc1cc(Br)c(OCc2ccc(Cl)cc2Cl)c(OC)c1. The Balaban J connectivity index is 2.13. The Bertz CT molecular complexity index is 739. The molecule has 2 N–H and O–H groups in total. The quantitative estimate of drug-likeness (QED) is 0.537. The second kappa shape index (κ2) is 10.4. The van der Waals surface area contributed by atoms with E-state index < -0.39 is 0 Å². The number of hydrogen-bond acceptors (Lipinski definition) is 4. The fourth-order valence-corrected chi connectivity index (χ4v) is 3.47. The van der Waals surface area contributed by atoms with Crippen molar-refractivity contribution < 1.29 is 14.6 Å². The first-order valence-electron chi connectivity index (χ1n) is 8.25. The van der Waals surface area contributed by atoms with Crippen molar-refractivity contribution in [3.8, 4) is 11.5 Å². The first kappa shape index (κ1) is 21.3. The number of aliphatic hydroxyl groups excluding tert-OH is 1.